The predicted molar refractivity (Wildman–Crippen MR) is 76.0 cm³/mol. The first kappa shape index (κ1) is 14.5. The van der Waals surface area contributed by atoms with Crippen LogP contribution in [0.1, 0.15) is 17.2 Å². The highest BCUT2D eigenvalue weighted by atomic mass is 19.1. The van der Waals surface area contributed by atoms with Gasteiger partial charge in [-0.05, 0) is 23.8 Å². The lowest BCUT2D eigenvalue weighted by Gasteiger charge is -2.21. The summed E-state index contributed by atoms with van der Waals surface area (Å²) in [5.41, 5.74) is 7.48. The summed E-state index contributed by atoms with van der Waals surface area (Å²) in [6, 6.07) is 13.0. The monoisotopic (exact) mass is 275 g/mol. The van der Waals surface area contributed by atoms with E-state index in [2.05, 4.69) is 0 Å². The molecular formula is C16H18FNO2. The molecule has 0 amide bonds. The maximum Gasteiger partial charge on any atom is 0.123 e. The fourth-order valence-corrected chi connectivity index (χ4v) is 2.16. The molecule has 2 aromatic rings. The fraction of sp³-hybridized carbons (Fsp3) is 0.250. The molecule has 4 heteroatoms. The number of hydrogen-bond donors (Lipinski definition) is 2. The molecule has 0 bridgehead atoms. The van der Waals surface area contributed by atoms with E-state index < -0.39 is 18.0 Å². The second-order valence-corrected chi connectivity index (χ2v) is 4.67. The van der Waals surface area contributed by atoms with Gasteiger partial charge in [-0.3, -0.25) is 0 Å². The van der Waals surface area contributed by atoms with Gasteiger partial charge in [0.05, 0.1) is 19.3 Å². The molecule has 0 aliphatic heterocycles. The first-order chi connectivity index (χ1) is 9.61. The zero-order valence-corrected chi connectivity index (χ0v) is 11.3. The van der Waals surface area contributed by atoms with Crippen LogP contribution in [0.3, 0.4) is 0 Å². The van der Waals surface area contributed by atoms with Crippen LogP contribution < -0.4 is 10.5 Å². The summed E-state index contributed by atoms with van der Waals surface area (Å²) < 4.78 is 18.5. The van der Waals surface area contributed by atoms with Gasteiger partial charge in [0.1, 0.15) is 11.6 Å². The Hall–Kier alpha value is -1.91. The van der Waals surface area contributed by atoms with Crippen molar-refractivity contribution in [2.75, 3.05) is 7.11 Å². The van der Waals surface area contributed by atoms with E-state index in [9.17, 15) is 9.50 Å². The van der Waals surface area contributed by atoms with Crippen LogP contribution in [0.25, 0.3) is 0 Å². The normalized spacial score (nSPS) is 13.8. The van der Waals surface area contributed by atoms with Crippen LogP contribution >= 0.6 is 0 Å². The Labute approximate surface area is 117 Å². The molecule has 2 atom stereocenters. The summed E-state index contributed by atoms with van der Waals surface area (Å²) in [7, 11) is 1.49. The van der Waals surface area contributed by atoms with Gasteiger partial charge in [0, 0.05) is 12.0 Å². The van der Waals surface area contributed by atoms with Gasteiger partial charge < -0.3 is 15.6 Å². The zero-order valence-electron chi connectivity index (χ0n) is 11.3. The number of ether oxygens (including phenoxy) is 1. The van der Waals surface area contributed by atoms with E-state index in [-0.39, 0.29) is 0 Å². The highest BCUT2D eigenvalue weighted by Crippen LogP contribution is 2.27. The van der Waals surface area contributed by atoms with Gasteiger partial charge in [0.15, 0.2) is 0 Å². The molecule has 2 aromatic carbocycles. The molecule has 0 saturated heterocycles. The van der Waals surface area contributed by atoms with Crippen molar-refractivity contribution in [3.05, 3.63) is 65.5 Å². The summed E-state index contributed by atoms with van der Waals surface area (Å²) in [5, 5.41) is 10.2. The van der Waals surface area contributed by atoms with Crippen LogP contribution in [0.5, 0.6) is 5.75 Å². The van der Waals surface area contributed by atoms with Gasteiger partial charge in [0.25, 0.3) is 0 Å². The third-order valence-corrected chi connectivity index (χ3v) is 3.25. The van der Waals surface area contributed by atoms with Crippen molar-refractivity contribution in [1.82, 2.24) is 0 Å². The largest absolute Gasteiger partial charge is 0.496 e. The van der Waals surface area contributed by atoms with Crippen LogP contribution in [-0.4, -0.2) is 18.3 Å². The van der Waals surface area contributed by atoms with Crippen molar-refractivity contribution in [3.8, 4) is 5.75 Å². The van der Waals surface area contributed by atoms with Crippen molar-refractivity contribution in [3.63, 3.8) is 0 Å². The van der Waals surface area contributed by atoms with Crippen LogP contribution in [0, 0.1) is 5.82 Å². The highest BCUT2D eigenvalue weighted by Gasteiger charge is 2.21. The van der Waals surface area contributed by atoms with Crippen LogP contribution in [-0.2, 0) is 6.42 Å². The molecule has 106 valence electrons. The average molecular weight is 275 g/mol. The summed E-state index contributed by atoms with van der Waals surface area (Å²) in [5.74, 6) is 0.0779. The Morgan fingerprint density at radius 1 is 1.20 bits per heavy atom. The van der Waals surface area contributed by atoms with E-state index in [1.807, 2.05) is 30.3 Å². The molecule has 2 rings (SSSR count). The number of nitrogens with two attached hydrogens (primary N) is 1. The molecule has 3 N–H and O–H groups in total. The molecule has 0 heterocycles. The van der Waals surface area contributed by atoms with Gasteiger partial charge in [-0.2, -0.15) is 0 Å². The Kier molecular flexibility index (Phi) is 4.71. The lowest BCUT2D eigenvalue weighted by Crippen LogP contribution is -2.28. The quantitative estimate of drug-likeness (QED) is 0.881. The van der Waals surface area contributed by atoms with Crippen molar-refractivity contribution in [2.24, 2.45) is 5.73 Å². The predicted octanol–water partition coefficient (Wildman–Crippen LogP) is 2.44. The van der Waals surface area contributed by atoms with Crippen LogP contribution in [0.15, 0.2) is 48.5 Å². The Morgan fingerprint density at radius 2 is 1.90 bits per heavy atom. The van der Waals surface area contributed by atoms with E-state index in [4.69, 9.17) is 10.5 Å². The molecule has 0 aliphatic carbocycles. The van der Waals surface area contributed by atoms with Crippen molar-refractivity contribution in [2.45, 2.75) is 18.6 Å². The third-order valence-electron chi connectivity index (χ3n) is 3.25. The minimum Gasteiger partial charge on any atom is -0.496 e. The topological polar surface area (TPSA) is 55.5 Å². The molecule has 0 saturated carbocycles. The third kappa shape index (κ3) is 3.35. The van der Waals surface area contributed by atoms with Crippen molar-refractivity contribution < 1.29 is 14.2 Å². The molecule has 3 nitrogen and oxygen atoms in total. The lowest BCUT2D eigenvalue weighted by atomic mass is 9.96. The SMILES string of the molecule is COc1ccc(F)cc1[C@@H](N)[C@@H](O)Cc1ccccc1. The van der Waals surface area contributed by atoms with Gasteiger partial charge in [-0.15, -0.1) is 0 Å². The maximum atomic E-state index is 13.3. The minimum absolute atomic E-state index is 0.400. The second kappa shape index (κ2) is 6.50. The number of hydrogen-bond acceptors (Lipinski definition) is 3. The van der Waals surface area contributed by atoms with Gasteiger partial charge in [0.2, 0.25) is 0 Å². The Morgan fingerprint density at radius 3 is 2.55 bits per heavy atom. The molecule has 20 heavy (non-hydrogen) atoms. The standard InChI is InChI=1S/C16H18FNO2/c1-20-15-8-7-12(17)10-13(15)16(18)14(19)9-11-5-3-2-4-6-11/h2-8,10,14,16,19H,9,18H2,1H3/t14-,16+/m0/s1. The van der Waals surface area contributed by atoms with Gasteiger partial charge in [-0.25, -0.2) is 4.39 Å². The number of methoxy groups -OCH3 is 1. The molecule has 0 aromatic heterocycles. The van der Waals surface area contributed by atoms with E-state index in [1.165, 1.54) is 25.3 Å². The average Bonchev–Trinajstić information content (AvgIpc) is 2.47. The summed E-state index contributed by atoms with van der Waals surface area (Å²) in [4.78, 5) is 0. The smallest absolute Gasteiger partial charge is 0.123 e. The molecule has 0 unspecified atom stereocenters. The van der Waals surface area contributed by atoms with E-state index >= 15 is 0 Å². The lowest BCUT2D eigenvalue weighted by molar-refractivity contribution is 0.143. The molecule has 0 aliphatic rings. The first-order valence-electron chi connectivity index (χ1n) is 6.43. The molecule has 0 spiro atoms. The Bertz CT molecular complexity index is 560. The number of rotatable bonds is 5. The summed E-state index contributed by atoms with van der Waals surface area (Å²) >= 11 is 0. The Balaban J connectivity index is 2.18. The summed E-state index contributed by atoms with van der Waals surface area (Å²) in [6.07, 6.45) is -0.408. The number of halogens is 1. The number of benzene rings is 2. The highest BCUT2D eigenvalue weighted by molar-refractivity contribution is 5.37. The maximum absolute atomic E-state index is 13.3. The summed E-state index contributed by atoms with van der Waals surface area (Å²) in [6.45, 7) is 0. The number of aliphatic hydroxyl groups excluding tert-OH is 1. The fourth-order valence-electron chi connectivity index (χ4n) is 2.16. The zero-order chi connectivity index (χ0) is 14.5. The van der Waals surface area contributed by atoms with Crippen molar-refractivity contribution >= 4 is 0 Å². The molecule has 0 fully saturated rings. The van der Waals surface area contributed by atoms with Gasteiger partial charge in [-0.1, -0.05) is 30.3 Å². The minimum atomic E-state index is -0.812. The number of aliphatic hydroxyl groups is 1. The van der Waals surface area contributed by atoms with Crippen molar-refractivity contribution in [1.29, 1.82) is 0 Å². The first-order valence-corrected chi connectivity index (χ1v) is 6.43. The van der Waals surface area contributed by atoms with Crippen LogP contribution in [0.2, 0.25) is 0 Å². The van der Waals surface area contributed by atoms with E-state index in [0.717, 1.165) is 5.56 Å². The van der Waals surface area contributed by atoms with E-state index in [1.54, 1.807) is 0 Å². The molecule has 0 radical (unpaired) electrons. The van der Waals surface area contributed by atoms with Gasteiger partial charge >= 0.3 is 0 Å². The second-order valence-electron chi connectivity index (χ2n) is 4.67. The molecular weight excluding hydrogens is 257 g/mol. The van der Waals surface area contributed by atoms with E-state index in [0.29, 0.717) is 17.7 Å². The van der Waals surface area contributed by atoms with Crippen LogP contribution in [0.4, 0.5) is 4.39 Å².